The standard InChI is InChI=1S/C13H14FNOS/c1-9-7-11(14)3-4-12(9)16-6-5-13-10(2)15-8-17-13/h3-4,7-8H,5-6H2,1-2H3. The van der Waals surface area contributed by atoms with E-state index in [1.165, 1.54) is 17.0 Å². The number of aryl methyl sites for hydroxylation is 2. The summed E-state index contributed by atoms with van der Waals surface area (Å²) in [4.78, 5) is 5.43. The first-order chi connectivity index (χ1) is 8.16. The number of halogens is 1. The minimum atomic E-state index is -0.229. The van der Waals surface area contributed by atoms with E-state index in [4.69, 9.17) is 4.74 Å². The molecule has 0 amide bonds. The van der Waals surface area contributed by atoms with Crippen molar-refractivity contribution in [1.82, 2.24) is 4.98 Å². The van der Waals surface area contributed by atoms with Gasteiger partial charge in [0.25, 0.3) is 0 Å². The number of rotatable bonds is 4. The van der Waals surface area contributed by atoms with E-state index in [2.05, 4.69) is 4.98 Å². The maximum absolute atomic E-state index is 12.9. The van der Waals surface area contributed by atoms with E-state index in [1.54, 1.807) is 17.4 Å². The fraction of sp³-hybridized carbons (Fsp3) is 0.308. The Labute approximate surface area is 104 Å². The molecule has 2 nitrogen and oxygen atoms in total. The molecule has 0 unspecified atom stereocenters. The summed E-state index contributed by atoms with van der Waals surface area (Å²) >= 11 is 1.64. The molecular weight excluding hydrogens is 237 g/mol. The normalized spacial score (nSPS) is 10.5. The van der Waals surface area contributed by atoms with E-state index < -0.39 is 0 Å². The molecule has 1 aromatic carbocycles. The maximum Gasteiger partial charge on any atom is 0.123 e. The molecule has 0 aliphatic heterocycles. The van der Waals surface area contributed by atoms with Gasteiger partial charge in [0.15, 0.2) is 0 Å². The Bertz CT molecular complexity index is 510. The van der Waals surface area contributed by atoms with Gasteiger partial charge in [-0.3, -0.25) is 0 Å². The first kappa shape index (κ1) is 12.0. The molecule has 0 spiro atoms. The molecule has 0 bridgehead atoms. The summed E-state index contributed by atoms with van der Waals surface area (Å²) in [6.07, 6.45) is 0.841. The minimum absolute atomic E-state index is 0.229. The van der Waals surface area contributed by atoms with Crippen LogP contribution >= 0.6 is 11.3 Å². The van der Waals surface area contributed by atoms with Gasteiger partial charge in [-0.05, 0) is 37.6 Å². The maximum atomic E-state index is 12.9. The molecule has 90 valence electrons. The summed E-state index contributed by atoms with van der Waals surface area (Å²) in [5, 5.41) is 0. The SMILES string of the molecule is Cc1cc(F)ccc1OCCc1scnc1C. The molecule has 1 aromatic heterocycles. The minimum Gasteiger partial charge on any atom is -0.493 e. The third-order valence-corrected chi connectivity index (χ3v) is 3.56. The Morgan fingerprint density at radius 1 is 1.35 bits per heavy atom. The van der Waals surface area contributed by atoms with Crippen molar-refractivity contribution >= 4 is 11.3 Å². The zero-order chi connectivity index (χ0) is 12.3. The van der Waals surface area contributed by atoms with Crippen LogP contribution in [0.2, 0.25) is 0 Å². The van der Waals surface area contributed by atoms with Gasteiger partial charge < -0.3 is 4.74 Å². The summed E-state index contributed by atoms with van der Waals surface area (Å²) < 4.78 is 18.5. The zero-order valence-electron chi connectivity index (χ0n) is 9.87. The van der Waals surface area contributed by atoms with Gasteiger partial charge in [0.1, 0.15) is 11.6 Å². The van der Waals surface area contributed by atoms with E-state index >= 15 is 0 Å². The number of ether oxygens (including phenoxy) is 1. The van der Waals surface area contributed by atoms with Gasteiger partial charge in [-0.25, -0.2) is 9.37 Å². The van der Waals surface area contributed by atoms with Crippen molar-refractivity contribution < 1.29 is 9.13 Å². The molecule has 4 heteroatoms. The van der Waals surface area contributed by atoms with E-state index in [0.717, 1.165) is 23.4 Å². The van der Waals surface area contributed by atoms with Crippen molar-refractivity contribution in [1.29, 1.82) is 0 Å². The van der Waals surface area contributed by atoms with E-state index in [1.807, 2.05) is 19.4 Å². The molecule has 0 N–H and O–H groups in total. The topological polar surface area (TPSA) is 22.1 Å². The highest BCUT2D eigenvalue weighted by Gasteiger charge is 2.04. The second-order valence-corrected chi connectivity index (χ2v) is 4.81. The van der Waals surface area contributed by atoms with E-state index in [0.29, 0.717) is 6.61 Å². The summed E-state index contributed by atoms with van der Waals surface area (Å²) in [6.45, 7) is 4.43. The Balaban J connectivity index is 1.92. The van der Waals surface area contributed by atoms with Crippen LogP contribution in [0, 0.1) is 19.7 Å². The number of benzene rings is 1. The van der Waals surface area contributed by atoms with Crippen LogP contribution in [-0.4, -0.2) is 11.6 Å². The van der Waals surface area contributed by atoms with Crippen molar-refractivity contribution in [2.75, 3.05) is 6.61 Å². The molecule has 0 aliphatic carbocycles. The average Bonchev–Trinajstić information content (AvgIpc) is 2.68. The van der Waals surface area contributed by atoms with E-state index in [-0.39, 0.29) is 5.82 Å². The lowest BCUT2D eigenvalue weighted by atomic mass is 10.2. The third kappa shape index (κ3) is 3.03. The fourth-order valence-corrected chi connectivity index (χ4v) is 2.36. The van der Waals surface area contributed by atoms with E-state index in [9.17, 15) is 4.39 Å². The van der Waals surface area contributed by atoms with Crippen LogP contribution in [0.25, 0.3) is 0 Å². The van der Waals surface area contributed by atoms with Gasteiger partial charge in [0.05, 0.1) is 17.8 Å². The number of nitrogens with zero attached hydrogens (tertiary/aromatic N) is 1. The summed E-state index contributed by atoms with van der Waals surface area (Å²) in [6, 6.07) is 4.57. The molecule has 0 saturated heterocycles. The predicted molar refractivity (Wildman–Crippen MR) is 67.2 cm³/mol. The number of aromatic nitrogens is 1. The monoisotopic (exact) mass is 251 g/mol. The van der Waals surface area contributed by atoms with Crippen molar-refractivity contribution in [2.45, 2.75) is 20.3 Å². The van der Waals surface area contributed by atoms with Gasteiger partial charge >= 0.3 is 0 Å². The third-order valence-electron chi connectivity index (χ3n) is 2.57. The van der Waals surface area contributed by atoms with Crippen molar-refractivity contribution in [3.8, 4) is 5.75 Å². The highest BCUT2D eigenvalue weighted by molar-refractivity contribution is 7.09. The number of hydrogen-bond acceptors (Lipinski definition) is 3. The van der Waals surface area contributed by atoms with Crippen LogP contribution in [-0.2, 0) is 6.42 Å². The van der Waals surface area contributed by atoms with Gasteiger partial charge in [-0.15, -0.1) is 11.3 Å². The predicted octanol–water partition coefficient (Wildman–Crippen LogP) is 3.52. The summed E-state index contributed by atoms with van der Waals surface area (Å²) in [5.41, 5.74) is 3.73. The molecular formula is C13H14FNOS. The average molecular weight is 251 g/mol. The zero-order valence-corrected chi connectivity index (χ0v) is 10.7. The van der Waals surface area contributed by atoms with Crippen LogP contribution in [0.4, 0.5) is 4.39 Å². The highest BCUT2D eigenvalue weighted by Crippen LogP contribution is 2.19. The molecule has 0 aliphatic rings. The van der Waals surface area contributed by atoms with Crippen LogP contribution in [0.1, 0.15) is 16.1 Å². The van der Waals surface area contributed by atoms with Gasteiger partial charge in [0, 0.05) is 11.3 Å². The lowest BCUT2D eigenvalue weighted by Crippen LogP contribution is -2.02. The molecule has 17 heavy (non-hydrogen) atoms. The second kappa shape index (κ2) is 5.27. The molecule has 0 atom stereocenters. The van der Waals surface area contributed by atoms with Gasteiger partial charge in [-0.2, -0.15) is 0 Å². The molecule has 0 fully saturated rings. The van der Waals surface area contributed by atoms with Crippen molar-refractivity contribution in [3.63, 3.8) is 0 Å². The van der Waals surface area contributed by atoms with Gasteiger partial charge in [-0.1, -0.05) is 0 Å². The lowest BCUT2D eigenvalue weighted by Gasteiger charge is -2.08. The number of hydrogen-bond donors (Lipinski definition) is 0. The Morgan fingerprint density at radius 2 is 2.18 bits per heavy atom. The summed E-state index contributed by atoms with van der Waals surface area (Å²) in [7, 11) is 0. The van der Waals surface area contributed by atoms with Gasteiger partial charge in [0.2, 0.25) is 0 Å². The second-order valence-electron chi connectivity index (χ2n) is 3.87. The first-order valence-corrected chi connectivity index (χ1v) is 6.32. The molecule has 2 rings (SSSR count). The highest BCUT2D eigenvalue weighted by atomic mass is 32.1. The van der Waals surface area contributed by atoms with Crippen LogP contribution in [0.15, 0.2) is 23.7 Å². The molecule has 2 aromatic rings. The van der Waals surface area contributed by atoms with Crippen LogP contribution < -0.4 is 4.74 Å². The molecule has 0 radical (unpaired) electrons. The Hall–Kier alpha value is -1.42. The summed E-state index contributed by atoms with van der Waals surface area (Å²) in [5.74, 6) is 0.515. The largest absolute Gasteiger partial charge is 0.493 e. The Kier molecular flexibility index (Phi) is 3.74. The number of thiazole rings is 1. The van der Waals surface area contributed by atoms with Crippen molar-refractivity contribution in [2.24, 2.45) is 0 Å². The first-order valence-electron chi connectivity index (χ1n) is 5.45. The lowest BCUT2D eigenvalue weighted by molar-refractivity contribution is 0.320. The van der Waals surface area contributed by atoms with Crippen LogP contribution in [0.3, 0.4) is 0 Å². The molecule has 1 heterocycles. The quantitative estimate of drug-likeness (QED) is 0.829. The fourth-order valence-electron chi connectivity index (χ4n) is 1.59. The molecule has 0 saturated carbocycles. The smallest absolute Gasteiger partial charge is 0.123 e. The Morgan fingerprint density at radius 3 is 2.82 bits per heavy atom. The van der Waals surface area contributed by atoms with Crippen LogP contribution in [0.5, 0.6) is 5.75 Å². The van der Waals surface area contributed by atoms with Crippen molar-refractivity contribution in [3.05, 3.63) is 45.7 Å².